The van der Waals surface area contributed by atoms with Gasteiger partial charge >= 0.3 is 5.97 Å². The lowest BCUT2D eigenvalue weighted by atomic mass is 10.2. The number of piperazine rings is 1. The molecule has 1 fully saturated rings. The van der Waals surface area contributed by atoms with Crippen LogP contribution in [-0.2, 0) is 15.0 Å². The Bertz CT molecular complexity index is 412. The number of likely N-dealkylation sites (N-methyl/N-ethyl adjacent to an activating group) is 1. The maximum atomic E-state index is 12.3. The van der Waals surface area contributed by atoms with Crippen LogP contribution in [0.25, 0.3) is 0 Å². The minimum Gasteiger partial charge on any atom is -0.481 e. The summed E-state index contributed by atoms with van der Waals surface area (Å²) >= 11 is 0. The van der Waals surface area contributed by atoms with Crippen LogP contribution in [0.1, 0.15) is 20.3 Å². The molecule has 0 aliphatic carbocycles. The fraction of sp³-hybridized carbons (Fsp3) is 0.909. The van der Waals surface area contributed by atoms with Crippen molar-refractivity contribution in [3.8, 4) is 0 Å². The van der Waals surface area contributed by atoms with Gasteiger partial charge in [0.1, 0.15) is 0 Å². The molecule has 1 heterocycles. The Morgan fingerprint density at radius 1 is 1.42 bits per heavy atom. The van der Waals surface area contributed by atoms with Crippen molar-refractivity contribution >= 4 is 16.2 Å². The van der Waals surface area contributed by atoms with Crippen molar-refractivity contribution in [3.05, 3.63) is 0 Å². The maximum Gasteiger partial charge on any atom is 0.304 e. The standard InChI is InChI=1S/C11H23N3O4S/c1-4-13-7-8-14(9-10(13)2)19(17,18)12(3)6-5-11(15)16/h10H,4-9H2,1-3H3,(H,15,16). The van der Waals surface area contributed by atoms with Crippen molar-refractivity contribution in [2.24, 2.45) is 0 Å². The first kappa shape index (κ1) is 16.4. The first-order valence-corrected chi connectivity index (χ1v) is 7.86. The van der Waals surface area contributed by atoms with Crippen molar-refractivity contribution in [3.63, 3.8) is 0 Å². The zero-order chi connectivity index (χ0) is 14.6. The number of hydrogen-bond acceptors (Lipinski definition) is 4. The molecule has 0 aromatic carbocycles. The maximum absolute atomic E-state index is 12.3. The highest BCUT2D eigenvalue weighted by Gasteiger charge is 2.33. The van der Waals surface area contributed by atoms with Crippen molar-refractivity contribution < 1.29 is 18.3 Å². The number of carboxylic acid groups (broad SMARTS) is 1. The van der Waals surface area contributed by atoms with Gasteiger partial charge in [0, 0.05) is 39.3 Å². The molecular formula is C11H23N3O4S. The summed E-state index contributed by atoms with van der Waals surface area (Å²) in [5, 5.41) is 8.61. The summed E-state index contributed by atoms with van der Waals surface area (Å²) in [6, 6.07) is 0.182. The molecule has 7 nitrogen and oxygen atoms in total. The number of nitrogens with zero attached hydrogens (tertiary/aromatic N) is 3. The number of hydrogen-bond donors (Lipinski definition) is 1. The van der Waals surface area contributed by atoms with Gasteiger partial charge in [-0.05, 0) is 13.5 Å². The summed E-state index contributed by atoms with van der Waals surface area (Å²) in [6.45, 7) is 6.58. The summed E-state index contributed by atoms with van der Waals surface area (Å²) in [5.41, 5.74) is 0. The van der Waals surface area contributed by atoms with Gasteiger partial charge in [0.05, 0.1) is 6.42 Å². The van der Waals surface area contributed by atoms with Gasteiger partial charge < -0.3 is 5.11 Å². The molecule has 1 saturated heterocycles. The smallest absolute Gasteiger partial charge is 0.304 e. The van der Waals surface area contributed by atoms with E-state index in [1.54, 1.807) is 0 Å². The lowest BCUT2D eigenvalue weighted by Gasteiger charge is -2.39. The molecule has 1 N–H and O–H groups in total. The minimum atomic E-state index is -3.55. The van der Waals surface area contributed by atoms with E-state index in [2.05, 4.69) is 11.8 Å². The van der Waals surface area contributed by atoms with Crippen LogP contribution in [0.3, 0.4) is 0 Å². The minimum absolute atomic E-state index is 0.0000394. The van der Waals surface area contributed by atoms with E-state index in [1.807, 2.05) is 6.92 Å². The second-order valence-corrected chi connectivity index (χ2v) is 6.84. The van der Waals surface area contributed by atoms with E-state index in [4.69, 9.17) is 5.11 Å². The number of carboxylic acids is 1. The first-order chi connectivity index (χ1) is 8.78. The second-order valence-electron chi connectivity index (χ2n) is 4.81. The Morgan fingerprint density at radius 2 is 2.05 bits per heavy atom. The normalized spacial score (nSPS) is 22.8. The van der Waals surface area contributed by atoms with Crippen LogP contribution in [-0.4, -0.2) is 78.8 Å². The number of carbonyl (C=O) groups is 1. The molecule has 112 valence electrons. The van der Waals surface area contributed by atoms with E-state index in [-0.39, 0.29) is 19.0 Å². The van der Waals surface area contributed by atoms with E-state index in [9.17, 15) is 13.2 Å². The van der Waals surface area contributed by atoms with E-state index >= 15 is 0 Å². The molecule has 19 heavy (non-hydrogen) atoms. The molecular weight excluding hydrogens is 270 g/mol. The molecule has 0 aromatic rings. The van der Waals surface area contributed by atoms with Gasteiger partial charge in [0.2, 0.25) is 0 Å². The summed E-state index contributed by atoms with van der Waals surface area (Å²) < 4.78 is 27.1. The summed E-state index contributed by atoms with van der Waals surface area (Å²) in [6.07, 6.45) is -0.180. The van der Waals surface area contributed by atoms with Crippen LogP contribution in [0.5, 0.6) is 0 Å². The van der Waals surface area contributed by atoms with Crippen LogP contribution < -0.4 is 0 Å². The summed E-state index contributed by atoms with van der Waals surface area (Å²) in [7, 11) is -2.12. The highest BCUT2D eigenvalue weighted by atomic mass is 32.2. The molecule has 1 unspecified atom stereocenters. The van der Waals surface area contributed by atoms with Gasteiger partial charge in [-0.2, -0.15) is 17.0 Å². The highest BCUT2D eigenvalue weighted by Crippen LogP contribution is 2.15. The molecule has 0 radical (unpaired) electrons. The Labute approximate surface area is 115 Å². The van der Waals surface area contributed by atoms with E-state index in [0.29, 0.717) is 19.6 Å². The van der Waals surface area contributed by atoms with Gasteiger partial charge in [0.25, 0.3) is 10.2 Å². The molecule has 0 aromatic heterocycles. The summed E-state index contributed by atoms with van der Waals surface area (Å²) in [5.74, 6) is -0.994. The Balaban J connectivity index is 2.65. The monoisotopic (exact) mass is 293 g/mol. The quantitative estimate of drug-likeness (QED) is 0.725. The topological polar surface area (TPSA) is 81.2 Å². The number of aliphatic carboxylic acids is 1. The predicted molar refractivity (Wildman–Crippen MR) is 72.1 cm³/mol. The van der Waals surface area contributed by atoms with Crippen molar-refractivity contribution in [2.45, 2.75) is 26.3 Å². The number of rotatable bonds is 6. The third kappa shape index (κ3) is 4.13. The first-order valence-electron chi connectivity index (χ1n) is 6.46. The molecule has 1 aliphatic heterocycles. The highest BCUT2D eigenvalue weighted by molar-refractivity contribution is 7.86. The molecule has 1 atom stereocenters. The second kappa shape index (κ2) is 6.65. The Morgan fingerprint density at radius 3 is 2.53 bits per heavy atom. The molecule has 1 aliphatic rings. The van der Waals surface area contributed by atoms with Gasteiger partial charge in [0.15, 0.2) is 0 Å². The van der Waals surface area contributed by atoms with E-state index in [0.717, 1.165) is 10.8 Å². The SMILES string of the molecule is CCN1CCN(S(=O)(=O)N(C)CCC(=O)O)CC1C. The van der Waals surface area contributed by atoms with Crippen molar-refractivity contribution in [2.75, 3.05) is 39.8 Å². The molecule has 0 spiro atoms. The third-order valence-corrected chi connectivity index (χ3v) is 5.45. The average Bonchev–Trinajstić information content (AvgIpc) is 2.35. The fourth-order valence-electron chi connectivity index (χ4n) is 2.21. The van der Waals surface area contributed by atoms with Crippen LogP contribution in [0.4, 0.5) is 0 Å². The molecule has 0 amide bonds. The van der Waals surface area contributed by atoms with Crippen LogP contribution in [0.15, 0.2) is 0 Å². The lowest BCUT2D eigenvalue weighted by molar-refractivity contribution is -0.137. The van der Waals surface area contributed by atoms with E-state index in [1.165, 1.54) is 11.4 Å². The van der Waals surface area contributed by atoms with Gasteiger partial charge in [-0.1, -0.05) is 6.92 Å². The molecule has 8 heteroatoms. The molecule has 0 bridgehead atoms. The van der Waals surface area contributed by atoms with Gasteiger partial charge in [-0.25, -0.2) is 0 Å². The Kier molecular flexibility index (Phi) is 5.72. The van der Waals surface area contributed by atoms with Crippen LogP contribution in [0.2, 0.25) is 0 Å². The largest absolute Gasteiger partial charge is 0.481 e. The van der Waals surface area contributed by atoms with Crippen molar-refractivity contribution in [1.29, 1.82) is 0 Å². The van der Waals surface area contributed by atoms with Crippen LogP contribution >= 0.6 is 0 Å². The summed E-state index contributed by atoms with van der Waals surface area (Å²) in [4.78, 5) is 12.7. The Hall–Kier alpha value is -0.700. The van der Waals surface area contributed by atoms with Crippen molar-refractivity contribution in [1.82, 2.24) is 13.5 Å². The zero-order valence-electron chi connectivity index (χ0n) is 11.7. The van der Waals surface area contributed by atoms with Gasteiger partial charge in [-0.3, -0.25) is 9.69 Å². The zero-order valence-corrected chi connectivity index (χ0v) is 12.6. The molecule has 0 saturated carbocycles. The fourth-order valence-corrected chi connectivity index (χ4v) is 3.64. The lowest BCUT2D eigenvalue weighted by Crippen LogP contribution is -2.56. The predicted octanol–water partition coefficient (Wildman–Crippen LogP) is -0.336. The molecule has 1 rings (SSSR count). The van der Waals surface area contributed by atoms with Crippen LogP contribution in [0, 0.1) is 0 Å². The van der Waals surface area contributed by atoms with Gasteiger partial charge in [-0.15, -0.1) is 0 Å². The third-order valence-electron chi connectivity index (χ3n) is 3.49. The van der Waals surface area contributed by atoms with E-state index < -0.39 is 16.2 Å². The average molecular weight is 293 g/mol.